The molecule has 0 radical (unpaired) electrons. The number of rotatable bonds is 0. The summed E-state index contributed by atoms with van der Waals surface area (Å²) >= 11 is 8.93. The first-order valence-electron chi connectivity index (χ1n) is 6.83. The molecule has 0 atom stereocenters. The van der Waals surface area contributed by atoms with Crippen LogP contribution in [0.1, 0.15) is 0 Å². The largest absolute Gasteiger partial charge is 0.456 e. The molecule has 1 nitrogen and oxygen atoms in total. The summed E-state index contributed by atoms with van der Waals surface area (Å²) in [6, 6.07) is 17.0. The van der Waals surface area contributed by atoms with Crippen LogP contribution >= 0.6 is 43.2 Å². The second-order valence-electron chi connectivity index (χ2n) is 5.33. The van der Waals surface area contributed by atoms with Gasteiger partial charge in [0.15, 0.2) is 0 Å². The Hall–Kier alpha value is -1.36. The van der Waals surface area contributed by atoms with Crippen LogP contribution in [0.2, 0.25) is 0 Å². The molecule has 0 saturated heterocycles. The van der Waals surface area contributed by atoms with Gasteiger partial charge in [-0.2, -0.15) is 0 Å². The quantitative estimate of drug-likeness (QED) is 0.247. The zero-order valence-electron chi connectivity index (χ0n) is 11.2. The number of thiophene rings is 1. The lowest BCUT2D eigenvalue weighted by Crippen LogP contribution is -1.70. The lowest BCUT2D eigenvalue weighted by Gasteiger charge is -1.94. The molecule has 0 spiro atoms. The summed E-state index contributed by atoms with van der Waals surface area (Å²) < 4.78 is 10.8. The highest BCUT2D eigenvalue weighted by Crippen LogP contribution is 2.40. The zero-order chi connectivity index (χ0) is 14.8. The van der Waals surface area contributed by atoms with Crippen molar-refractivity contribution in [1.82, 2.24) is 0 Å². The van der Waals surface area contributed by atoms with Crippen LogP contribution in [-0.4, -0.2) is 0 Å². The monoisotopic (exact) mass is 430 g/mol. The Bertz CT molecular complexity index is 1110. The van der Waals surface area contributed by atoms with Crippen molar-refractivity contribution in [3.63, 3.8) is 0 Å². The van der Waals surface area contributed by atoms with E-state index >= 15 is 0 Å². The second-order valence-corrected chi connectivity index (χ2v) is 8.24. The molecule has 0 aliphatic rings. The van der Waals surface area contributed by atoms with Crippen LogP contribution in [0.4, 0.5) is 0 Å². The molecular formula is C18H8Br2OS. The summed E-state index contributed by atoms with van der Waals surface area (Å²) in [5.41, 5.74) is 1.88. The number of furan rings is 1. The highest BCUT2D eigenvalue weighted by molar-refractivity contribution is 9.10. The van der Waals surface area contributed by atoms with Crippen molar-refractivity contribution >= 4 is 85.3 Å². The molecule has 0 bridgehead atoms. The van der Waals surface area contributed by atoms with E-state index in [-0.39, 0.29) is 0 Å². The first kappa shape index (κ1) is 13.1. The Morgan fingerprint density at radius 3 is 2.18 bits per heavy atom. The summed E-state index contributed by atoms with van der Waals surface area (Å²) in [5, 5.41) is 4.90. The van der Waals surface area contributed by atoms with E-state index in [1.54, 1.807) is 0 Å². The van der Waals surface area contributed by atoms with Crippen molar-refractivity contribution in [3.8, 4) is 0 Å². The average molecular weight is 432 g/mol. The van der Waals surface area contributed by atoms with Crippen molar-refractivity contribution in [2.24, 2.45) is 0 Å². The van der Waals surface area contributed by atoms with E-state index in [0.29, 0.717) is 0 Å². The van der Waals surface area contributed by atoms with Crippen LogP contribution in [0, 0.1) is 0 Å². The summed E-state index contributed by atoms with van der Waals surface area (Å²) in [6.07, 6.45) is 0. The molecule has 2 heterocycles. The van der Waals surface area contributed by atoms with Gasteiger partial charge < -0.3 is 4.42 Å². The Kier molecular flexibility index (Phi) is 2.72. The number of benzene rings is 3. The zero-order valence-corrected chi connectivity index (χ0v) is 15.2. The average Bonchev–Trinajstić information content (AvgIpc) is 3.02. The van der Waals surface area contributed by atoms with E-state index in [2.05, 4.69) is 68.3 Å². The first-order chi connectivity index (χ1) is 10.7. The summed E-state index contributed by atoms with van der Waals surface area (Å²) in [7, 11) is 0. The minimum Gasteiger partial charge on any atom is -0.456 e. The third-order valence-corrected chi connectivity index (χ3v) is 6.11. The van der Waals surface area contributed by atoms with Crippen LogP contribution in [0.25, 0.3) is 42.1 Å². The molecule has 0 aliphatic heterocycles. The van der Waals surface area contributed by atoms with Gasteiger partial charge >= 0.3 is 0 Å². The molecule has 5 rings (SSSR count). The van der Waals surface area contributed by atoms with Crippen LogP contribution in [0.5, 0.6) is 0 Å². The van der Waals surface area contributed by atoms with Crippen LogP contribution in [0.15, 0.2) is 61.9 Å². The fourth-order valence-corrected chi connectivity index (χ4v) is 4.81. The SMILES string of the molecule is Brc1ccc2oc3cc4sc5ccc(Br)cc5c4cc3c2c1. The Morgan fingerprint density at radius 2 is 1.32 bits per heavy atom. The number of hydrogen-bond acceptors (Lipinski definition) is 2. The van der Waals surface area contributed by atoms with Gasteiger partial charge in [0.2, 0.25) is 0 Å². The van der Waals surface area contributed by atoms with Crippen molar-refractivity contribution in [1.29, 1.82) is 0 Å². The molecule has 106 valence electrons. The molecule has 0 saturated carbocycles. The first-order valence-corrected chi connectivity index (χ1v) is 9.23. The smallest absolute Gasteiger partial charge is 0.136 e. The molecule has 0 amide bonds. The number of hydrogen-bond donors (Lipinski definition) is 0. The van der Waals surface area contributed by atoms with Gasteiger partial charge in [-0.15, -0.1) is 11.3 Å². The van der Waals surface area contributed by atoms with Crippen LogP contribution in [-0.2, 0) is 0 Å². The number of fused-ring (bicyclic) bond motifs is 6. The fourth-order valence-electron chi connectivity index (χ4n) is 2.99. The summed E-state index contributed by atoms with van der Waals surface area (Å²) in [6.45, 7) is 0. The summed E-state index contributed by atoms with van der Waals surface area (Å²) in [5.74, 6) is 0. The second kappa shape index (κ2) is 4.57. The Labute approximate surface area is 146 Å². The minimum absolute atomic E-state index is 0.932. The molecular weight excluding hydrogens is 424 g/mol. The van der Waals surface area contributed by atoms with E-state index in [9.17, 15) is 0 Å². The van der Waals surface area contributed by atoms with Gasteiger partial charge in [0, 0.05) is 39.9 Å². The lowest BCUT2D eigenvalue weighted by atomic mass is 10.1. The van der Waals surface area contributed by atoms with Gasteiger partial charge in [0.25, 0.3) is 0 Å². The predicted octanol–water partition coefficient (Wildman–Crippen LogP) is 7.48. The van der Waals surface area contributed by atoms with Gasteiger partial charge in [0.05, 0.1) is 0 Å². The van der Waals surface area contributed by atoms with Gasteiger partial charge in [-0.1, -0.05) is 31.9 Å². The molecule has 0 fully saturated rings. The normalized spacial score (nSPS) is 12.1. The summed E-state index contributed by atoms with van der Waals surface area (Å²) in [4.78, 5) is 0. The maximum absolute atomic E-state index is 6.01. The molecule has 3 aromatic carbocycles. The van der Waals surface area contributed by atoms with Gasteiger partial charge in [-0.25, -0.2) is 0 Å². The van der Waals surface area contributed by atoms with Gasteiger partial charge in [-0.05, 0) is 48.5 Å². The standard InChI is InChI=1S/C18H8Br2OS/c19-9-1-3-15-11(5-9)12-7-14-13-6-10(20)2-4-17(13)22-18(14)8-16(12)21-15/h1-8H. The topological polar surface area (TPSA) is 13.1 Å². The maximum Gasteiger partial charge on any atom is 0.136 e. The third kappa shape index (κ3) is 1.81. The fraction of sp³-hybridized carbons (Fsp3) is 0. The van der Waals surface area contributed by atoms with E-state index in [1.807, 2.05) is 23.5 Å². The van der Waals surface area contributed by atoms with Crippen molar-refractivity contribution in [3.05, 3.63) is 57.5 Å². The third-order valence-electron chi connectivity index (χ3n) is 3.99. The van der Waals surface area contributed by atoms with E-state index in [1.165, 1.54) is 25.6 Å². The predicted molar refractivity (Wildman–Crippen MR) is 102 cm³/mol. The maximum atomic E-state index is 6.01. The Balaban J connectivity index is 2.00. The molecule has 4 heteroatoms. The van der Waals surface area contributed by atoms with Gasteiger partial charge in [-0.3, -0.25) is 0 Å². The molecule has 22 heavy (non-hydrogen) atoms. The van der Waals surface area contributed by atoms with E-state index in [0.717, 1.165) is 25.5 Å². The van der Waals surface area contributed by atoms with Crippen LogP contribution in [0.3, 0.4) is 0 Å². The highest BCUT2D eigenvalue weighted by atomic mass is 79.9. The molecule has 0 aliphatic carbocycles. The lowest BCUT2D eigenvalue weighted by molar-refractivity contribution is 0.669. The molecule has 5 aromatic rings. The molecule has 2 aromatic heterocycles. The Morgan fingerprint density at radius 1 is 0.636 bits per heavy atom. The van der Waals surface area contributed by atoms with Crippen molar-refractivity contribution in [2.45, 2.75) is 0 Å². The molecule has 0 N–H and O–H groups in total. The van der Waals surface area contributed by atoms with Crippen LogP contribution < -0.4 is 0 Å². The van der Waals surface area contributed by atoms with E-state index < -0.39 is 0 Å². The van der Waals surface area contributed by atoms with E-state index in [4.69, 9.17) is 4.42 Å². The minimum atomic E-state index is 0.932. The van der Waals surface area contributed by atoms with Crippen molar-refractivity contribution in [2.75, 3.05) is 0 Å². The molecule has 0 unspecified atom stereocenters. The number of halogens is 2. The van der Waals surface area contributed by atoms with Crippen molar-refractivity contribution < 1.29 is 4.42 Å². The highest BCUT2D eigenvalue weighted by Gasteiger charge is 2.12. The van der Waals surface area contributed by atoms with Gasteiger partial charge in [0.1, 0.15) is 11.2 Å².